The number of rotatable bonds is 7. The maximum atomic E-state index is 13.0. The predicted molar refractivity (Wildman–Crippen MR) is 144 cm³/mol. The van der Waals surface area contributed by atoms with Gasteiger partial charge in [-0.3, -0.25) is 4.79 Å². The zero-order valence-corrected chi connectivity index (χ0v) is 22.6. The molecule has 0 saturated carbocycles. The van der Waals surface area contributed by atoms with E-state index >= 15 is 0 Å². The molecule has 1 amide bonds. The molecule has 1 aliphatic heterocycles. The van der Waals surface area contributed by atoms with Crippen molar-refractivity contribution in [2.24, 2.45) is 0 Å². The summed E-state index contributed by atoms with van der Waals surface area (Å²) < 4.78 is 5.26. The Morgan fingerprint density at radius 1 is 1.31 bits per heavy atom. The molecule has 10 heteroatoms. The molecular weight excluding hydrogens is 513 g/mol. The van der Waals surface area contributed by atoms with Crippen molar-refractivity contribution in [1.29, 1.82) is 5.26 Å². The fourth-order valence-electron chi connectivity index (χ4n) is 4.81. The van der Waals surface area contributed by atoms with Crippen molar-refractivity contribution in [2.75, 3.05) is 31.3 Å². The summed E-state index contributed by atoms with van der Waals surface area (Å²) in [7, 11) is 2.07. The number of aryl methyl sites for hydroxylation is 1. The predicted octanol–water partition coefficient (Wildman–Crippen LogP) is 5.13. The molecule has 3 aromatic rings. The smallest absolute Gasteiger partial charge is 0.341 e. The first-order chi connectivity index (χ1) is 17.5. The Bertz CT molecular complexity index is 1360. The monoisotopic (exact) mass is 538 g/mol. The van der Waals surface area contributed by atoms with E-state index in [4.69, 9.17) is 9.72 Å². The Balaban J connectivity index is 1.40. The van der Waals surface area contributed by atoms with Crippen LogP contribution in [0.2, 0.25) is 0 Å². The lowest BCUT2D eigenvalue weighted by atomic mass is 9.93. The van der Waals surface area contributed by atoms with Gasteiger partial charge in [-0.15, -0.1) is 11.3 Å². The molecule has 5 rings (SSSR count). The molecule has 2 aliphatic rings. The Labute approximate surface area is 222 Å². The summed E-state index contributed by atoms with van der Waals surface area (Å²) in [6.45, 7) is 3.71. The number of pyridine rings is 1. The molecule has 0 aromatic carbocycles. The van der Waals surface area contributed by atoms with Crippen LogP contribution in [0.4, 0.5) is 5.00 Å². The van der Waals surface area contributed by atoms with Crippen LogP contribution in [0.5, 0.6) is 0 Å². The molecule has 0 bridgehead atoms. The van der Waals surface area contributed by atoms with Gasteiger partial charge in [0, 0.05) is 35.6 Å². The van der Waals surface area contributed by atoms with E-state index in [1.165, 1.54) is 23.1 Å². The maximum absolute atomic E-state index is 13.0. The van der Waals surface area contributed by atoms with Crippen molar-refractivity contribution in [3.63, 3.8) is 0 Å². The Morgan fingerprint density at radius 2 is 2.17 bits per heavy atom. The molecule has 1 N–H and O–H groups in total. The van der Waals surface area contributed by atoms with Crippen LogP contribution in [-0.2, 0) is 35.3 Å². The minimum Gasteiger partial charge on any atom is -0.462 e. The van der Waals surface area contributed by atoms with E-state index in [1.54, 1.807) is 18.3 Å². The number of esters is 1. The molecule has 186 valence electrons. The second kappa shape index (κ2) is 10.7. The Kier molecular flexibility index (Phi) is 7.44. The molecule has 0 atom stereocenters. The average molecular weight is 539 g/mol. The molecule has 0 saturated heterocycles. The van der Waals surface area contributed by atoms with Crippen molar-refractivity contribution < 1.29 is 14.3 Å². The second-order valence-electron chi connectivity index (χ2n) is 8.82. The average Bonchev–Trinajstić information content (AvgIpc) is 3.60. The summed E-state index contributed by atoms with van der Waals surface area (Å²) in [5.41, 5.74) is 6.07. The van der Waals surface area contributed by atoms with Gasteiger partial charge >= 0.3 is 5.97 Å². The van der Waals surface area contributed by atoms with Crippen molar-refractivity contribution in [3.05, 3.63) is 49.7 Å². The largest absolute Gasteiger partial charge is 0.462 e. The number of nitrogens with zero attached hydrogens (tertiary/aromatic N) is 3. The van der Waals surface area contributed by atoms with Gasteiger partial charge in [0.25, 0.3) is 0 Å². The lowest BCUT2D eigenvalue weighted by Gasteiger charge is -2.27. The highest BCUT2D eigenvalue weighted by Gasteiger charge is 2.29. The highest BCUT2D eigenvalue weighted by molar-refractivity contribution is 8.00. The van der Waals surface area contributed by atoms with Crippen LogP contribution in [0.15, 0.2) is 21.9 Å². The highest BCUT2D eigenvalue weighted by atomic mass is 32.2. The van der Waals surface area contributed by atoms with Crippen LogP contribution in [0.3, 0.4) is 0 Å². The normalized spacial score (nSPS) is 14.7. The quantitative estimate of drug-likeness (QED) is 0.329. The SMILES string of the molecule is CCOC(=O)c1c(NC(=O)CSc2nc3c(c(-c4ccsc4)c2C#N)CN(C)CC3)sc2c1CCC2. The van der Waals surface area contributed by atoms with E-state index in [2.05, 4.69) is 28.7 Å². The number of ether oxygens (including phenoxy) is 1. The fourth-order valence-corrected chi connectivity index (χ4v) is 7.56. The van der Waals surface area contributed by atoms with Gasteiger partial charge in [-0.2, -0.15) is 16.6 Å². The van der Waals surface area contributed by atoms with E-state index in [0.717, 1.165) is 71.6 Å². The van der Waals surface area contributed by atoms with Crippen LogP contribution in [-0.4, -0.2) is 47.7 Å². The van der Waals surface area contributed by atoms with Gasteiger partial charge in [0.05, 0.1) is 23.5 Å². The number of carbonyl (C=O) groups is 2. The third-order valence-corrected chi connectivity index (χ3v) is 9.29. The van der Waals surface area contributed by atoms with Crippen molar-refractivity contribution in [3.8, 4) is 17.2 Å². The standard InChI is InChI=1S/C26H26N4O3S3/c1-3-33-26(32)23-16-5-4-6-20(16)36-25(23)29-21(31)14-35-24-17(11-27)22(15-8-10-34-13-15)18-12-30(2)9-7-19(18)28-24/h8,10,13H,3-7,9,12,14H2,1-2H3,(H,29,31). The topological polar surface area (TPSA) is 95.3 Å². The number of thioether (sulfide) groups is 1. The van der Waals surface area contributed by atoms with Crippen LogP contribution in [0, 0.1) is 11.3 Å². The number of nitriles is 1. The summed E-state index contributed by atoms with van der Waals surface area (Å²) in [5.74, 6) is -0.520. The van der Waals surface area contributed by atoms with Gasteiger partial charge < -0.3 is 15.0 Å². The number of carbonyl (C=O) groups excluding carboxylic acids is 2. The molecule has 3 aromatic heterocycles. The first-order valence-electron chi connectivity index (χ1n) is 11.9. The Morgan fingerprint density at radius 3 is 2.92 bits per heavy atom. The van der Waals surface area contributed by atoms with Crippen molar-refractivity contribution in [1.82, 2.24) is 9.88 Å². The molecule has 7 nitrogen and oxygen atoms in total. The summed E-state index contributed by atoms with van der Waals surface area (Å²) >= 11 is 4.33. The minimum atomic E-state index is -0.381. The number of likely N-dealkylation sites (N-methyl/N-ethyl adjacent to an activating group) is 1. The molecule has 0 unspecified atom stereocenters. The number of amides is 1. The van der Waals surface area contributed by atoms with Crippen LogP contribution >= 0.6 is 34.4 Å². The number of hydrogen-bond acceptors (Lipinski definition) is 9. The number of thiophene rings is 2. The van der Waals surface area contributed by atoms with Gasteiger partial charge in [-0.1, -0.05) is 11.8 Å². The lowest BCUT2D eigenvalue weighted by molar-refractivity contribution is -0.113. The Hall–Kier alpha value is -2.71. The zero-order valence-electron chi connectivity index (χ0n) is 20.2. The lowest BCUT2D eigenvalue weighted by Crippen LogP contribution is -2.28. The number of fused-ring (bicyclic) bond motifs is 2. The number of anilines is 1. The zero-order chi connectivity index (χ0) is 25.2. The molecule has 1 aliphatic carbocycles. The summed E-state index contributed by atoms with van der Waals surface area (Å²) in [6, 6.07) is 4.40. The number of hydrogen-bond donors (Lipinski definition) is 1. The van der Waals surface area contributed by atoms with E-state index < -0.39 is 0 Å². The van der Waals surface area contributed by atoms with Gasteiger partial charge in [-0.05, 0) is 66.8 Å². The summed E-state index contributed by atoms with van der Waals surface area (Å²) in [4.78, 5) is 33.8. The van der Waals surface area contributed by atoms with Gasteiger partial charge in [0.15, 0.2) is 0 Å². The van der Waals surface area contributed by atoms with E-state index in [-0.39, 0.29) is 24.2 Å². The van der Waals surface area contributed by atoms with Crippen molar-refractivity contribution >= 4 is 51.3 Å². The van der Waals surface area contributed by atoms with Crippen LogP contribution < -0.4 is 5.32 Å². The third kappa shape index (κ3) is 4.81. The molecular formula is C26H26N4O3S3. The van der Waals surface area contributed by atoms with Crippen molar-refractivity contribution in [2.45, 2.75) is 44.2 Å². The summed E-state index contributed by atoms with van der Waals surface area (Å²) in [6.07, 6.45) is 3.57. The number of nitrogens with one attached hydrogen (secondary N) is 1. The molecule has 36 heavy (non-hydrogen) atoms. The number of aromatic nitrogens is 1. The molecule has 4 heterocycles. The van der Waals surface area contributed by atoms with Gasteiger partial charge in [0.2, 0.25) is 5.91 Å². The van der Waals surface area contributed by atoms with Crippen LogP contribution in [0.25, 0.3) is 11.1 Å². The van der Waals surface area contributed by atoms with Crippen LogP contribution in [0.1, 0.15) is 51.0 Å². The van der Waals surface area contributed by atoms with E-state index in [1.807, 2.05) is 11.4 Å². The maximum Gasteiger partial charge on any atom is 0.341 e. The third-order valence-electron chi connectivity index (χ3n) is 6.42. The van der Waals surface area contributed by atoms with Gasteiger partial charge in [0.1, 0.15) is 16.1 Å². The minimum absolute atomic E-state index is 0.0915. The van der Waals surface area contributed by atoms with E-state index in [9.17, 15) is 14.9 Å². The fraction of sp³-hybridized carbons (Fsp3) is 0.385. The highest BCUT2D eigenvalue weighted by Crippen LogP contribution is 2.40. The second-order valence-corrected chi connectivity index (χ2v) is 11.7. The van der Waals surface area contributed by atoms with E-state index in [0.29, 0.717) is 21.2 Å². The first kappa shape index (κ1) is 25.0. The first-order valence-corrected chi connectivity index (χ1v) is 14.7. The van der Waals surface area contributed by atoms with Gasteiger partial charge in [-0.25, -0.2) is 9.78 Å². The molecule has 0 fully saturated rings. The molecule has 0 radical (unpaired) electrons. The summed E-state index contributed by atoms with van der Waals surface area (Å²) in [5, 5.41) is 18.3. The molecule has 0 spiro atoms.